The van der Waals surface area contributed by atoms with E-state index in [0.717, 1.165) is 0 Å². The molecule has 0 saturated carbocycles. The van der Waals surface area contributed by atoms with Crippen LogP contribution in [-0.4, -0.2) is 25.0 Å². The van der Waals surface area contributed by atoms with E-state index >= 15 is 0 Å². The fourth-order valence-electron chi connectivity index (χ4n) is 1.01. The second-order valence-electron chi connectivity index (χ2n) is 2.57. The minimum atomic E-state index is -0.285. The third-order valence-corrected chi connectivity index (χ3v) is 1.87. The number of aromatic nitrogens is 4. The van der Waals surface area contributed by atoms with Crippen LogP contribution >= 0.6 is 11.6 Å². The van der Waals surface area contributed by atoms with Gasteiger partial charge in [-0.05, 0) is 0 Å². The van der Waals surface area contributed by atoms with Crippen LogP contribution in [0.25, 0.3) is 11.2 Å². The molecule has 2 rings (SSSR count). The van der Waals surface area contributed by atoms with E-state index in [9.17, 15) is 5.11 Å². The van der Waals surface area contributed by atoms with Gasteiger partial charge in [-0.2, -0.15) is 9.97 Å². The van der Waals surface area contributed by atoms with E-state index < -0.39 is 0 Å². The lowest BCUT2D eigenvalue weighted by atomic mass is 10.4. The minimum Gasteiger partial charge on any atom is -0.492 e. The molecule has 0 amide bonds. The molecule has 3 N–H and O–H groups in total. The van der Waals surface area contributed by atoms with Crippen molar-refractivity contribution < 1.29 is 5.11 Å². The first-order valence-corrected chi connectivity index (χ1v) is 4.28. The minimum absolute atomic E-state index is 0.0390. The molecular weight excluding hydrogens is 206 g/mol. The van der Waals surface area contributed by atoms with Crippen molar-refractivity contribution in [2.45, 2.75) is 5.88 Å². The lowest BCUT2D eigenvalue weighted by molar-refractivity contribution is 0.458. The molecule has 0 aliphatic rings. The average Bonchev–Trinajstić information content (AvgIpc) is 2.17. The van der Waals surface area contributed by atoms with Crippen molar-refractivity contribution in [1.29, 1.82) is 0 Å². The van der Waals surface area contributed by atoms with Crippen LogP contribution in [0, 0.1) is 0 Å². The van der Waals surface area contributed by atoms with Gasteiger partial charge >= 0.3 is 0 Å². The van der Waals surface area contributed by atoms with Gasteiger partial charge in [0, 0.05) is 0 Å². The third kappa shape index (κ3) is 1.39. The predicted molar refractivity (Wildman–Crippen MR) is 50.8 cm³/mol. The highest BCUT2D eigenvalue weighted by atomic mass is 35.5. The quantitative estimate of drug-likeness (QED) is 0.665. The first-order valence-electron chi connectivity index (χ1n) is 3.75. The normalized spacial score (nSPS) is 10.6. The first kappa shape index (κ1) is 8.89. The Morgan fingerprint density at radius 1 is 1.36 bits per heavy atom. The summed E-state index contributed by atoms with van der Waals surface area (Å²) in [5.74, 6) is -0.109. The van der Waals surface area contributed by atoms with Crippen LogP contribution < -0.4 is 5.73 Å². The first-order chi connectivity index (χ1) is 6.70. The van der Waals surface area contributed by atoms with Crippen molar-refractivity contribution in [2.24, 2.45) is 0 Å². The second-order valence-corrected chi connectivity index (χ2v) is 2.84. The number of aromatic hydroxyl groups is 1. The number of nitrogens with two attached hydrogens (primary N) is 1. The van der Waals surface area contributed by atoms with Crippen LogP contribution in [0.1, 0.15) is 5.69 Å². The molecule has 0 spiro atoms. The zero-order valence-corrected chi connectivity index (χ0v) is 7.73. The maximum Gasteiger partial charge on any atom is 0.244 e. The van der Waals surface area contributed by atoms with Gasteiger partial charge in [0.2, 0.25) is 11.8 Å². The Hall–Kier alpha value is -1.69. The number of alkyl halides is 1. The molecule has 7 heteroatoms. The fraction of sp³-hybridized carbons (Fsp3) is 0.143. The molecule has 0 aliphatic heterocycles. The number of hydrogen-bond donors (Lipinski definition) is 2. The lowest BCUT2D eigenvalue weighted by Gasteiger charge is -2.00. The van der Waals surface area contributed by atoms with Crippen molar-refractivity contribution in [3.05, 3.63) is 11.9 Å². The summed E-state index contributed by atoms with van der Waals surface area (Å²) in [6.07, 6.45) is 1.47. The van der Waals surface area contributed by atoms with Crippen LogP contribution in [0.3, 0.4) is 0 Å². The number of halogens is 1. The van der Waals surface area contributed by atoms with Crippen molar-refractivity contribution in [3.8, 4) is 5.88 Å². The monoisotopic (exact) mass is 211 g/mol. The van der Waals surface area contributed by atoms with E-state index in [1.807, 2.05) is 0 Å². The lowest BCUT2D eigenvalue weighted by Crippen LogP contribution is -1.99. The molecule has 6 nitrogen and oxygen atoms in total. The summed E-state index contributed by atoms with van der Waals surface area (Å²) in [4.78, 5) is 15.3. The largest absolute Gasteiger partial charge is 0.492 e. The number of rotatable bonds is 1. The van der Waals surface area contributed by atoms with Crippen molar-refractivity contribution in [3.63, 3.8) is 0 Å². The summed E-state index contributed by atoms with van der Waals surface area (Å²) in [6, 6.07) is 0. The molecule has 0 fully saturated rings. The van der Waals surface area contributed by atoms with Gasteiger partial charge in [0.1, 0.15) is 0 Å². The smallest absolute Gasteiger partial charge is 0.244 e. The van der Waals surface area contributed by atoms with E-state index in [1.54, 1.807) is 0 Å². The van der Waals surface area contributed by atoms with E-state index in [0.29, 0.717) is 5.69 Å². The van der Waals surface area contributed by atoms with Crippen LogP contribution in [0.15, 0.2) is 6.20 Å². The number of anilines is 1. The molecule has 0 saturated heterocycles. The maximum absolute atomic E-state index is 9.40. The van der Waals surface area contributed by atoms with Gasteiger partial charge < -0.3 is 10.8 Å². The van der Waals surface area contributed by atoms with Crippen LogP contribution in [-0.2, 0) is 5.88 Å². The Balaban J connectivity index is 2.75. The Labute approximate surface area is 83.8 Å². The molecule has 0 radical (unpaired) electrons. The van der Waals surface area contributed by atoms with Crippen LogP contribution in [0.2, 0.25) is 0 Å². The molecule has 2 heterocycles. The van der Waals surface area contributed by atoms with Gasteiger partial charge in [-0.15, -0.1) is 11.6 Å². The summed E-state index contributed by atoms with van der Waals surface area (Å²) in [6.45, 7) is 0. The molecule has 0 bridgehead atoms. The topological polar surface area (TPSA) is 97.8 Å². The van der Waals surface area contributed by atoms with Crippen molar-refractivity contribution in [2.75, 3.05) is 5.73 Å². The standard InChI is InChI=1S/C7H6ClN5O/c8-1-3-2-10-5-4(11-3)6(14)13-7(9)12-5/h2H,1H2,(H3,9,10,12,13,14). The molecule has 0 aliphatic carbocycles. The molecule has 2 aromatic rings. The van der Waals surface area contributed by atoms with E-state index in [-0.39, 0.29) is 28.9 Å². The molecule has 0 aromatic carbocycles. The Morgan fingerprint density at radius 2 is 2.14 bits per heavy atom. The number of fused-ring (bicyclic) bond motifs is 1. The highest BCUT2D eigenvalue weighted by Gasteiger charge is 2.08. The molecule has 0 atom stereocenters. The van der Waals surface area contributed by atoms with Crippen molar-refractivity contribution in [1.82, 2.24) is 19.9 Å². The van der Waals surface area contributed by atoms with Gasteiger partial charge in [0.25, 0.3) is 0 Å². The molecule has 0 unspecified atom stereocenters. The third-order valence-electron chi connectivity index (χ3n) is 1.59. The second kappa shape index (κ2) is 3.22. The highest BCUT2D eigenvalue weighted by Crippen LogP contribution is 2.18. The Bertz CT molecular complexity index is 489. The van der Waals surface area contributed by atoms with Crippen LogP contribution in [0.4, 0.5) is 5.95 Å². The predicted octanol–water partition coefficient (Wildman–Crippen LogP) is 0.446. The summed E-state index contributed by atoms with van der Waals surface area (Å²) in [7, 11) is 0. The van der Waals surface area contributed by atoms with Crippen molar-refractivity contribution >= 4 is 28.7 Å². The number of hydrogen-bond acceptors (Lipinski definition) is 6. The summed E-state index contributed by atoms with van der Waals surface area (Å²) >= 11 is 5.56. The van der Waals surface area contributed by atoms with Gasteiger partial charge in [-0.1, -0.05) is 0 Å². The zero-order chi connectivity index (χ0) is 10.1. The Morgan fingerprint density at radius 3 is 2.86 bits per heavy atom. The summed E-state index contributed by atoms with van der Waals surface area (Å²) < 4.78 is 0. The number of nitrogens with zero attached hydrogens (tertiary/aromatic N) is 4. The molecule has 14 heavy (non-hydrogen) atoms. The van der Waals surface area contributed by atoms with Gasteiger partial charge in [0.05, 0.1) is 17.8 Å². The number of nitrogen functional groups attached to an aromatic ring is 1. The highest BCUT2D eigenvalue weighted by molar-refractivity contribution is 6.16. The van der Waals surface area contributed by atoms with Crippen LogP contribution in [0.5, 0.6) is 5.88 Å². The average molecular weight is 212 g/mol. The molecular formula is C7H6ClN5O. The maximum atomic E-state index is 9.40. The van der Waals surface area contributed by atoms with E-state index in [2.05, 4.69) is 19.9 Å². The van der Waals surface area contributed by atoms with Gasteiger partial charge in [-0.25, -0.2) is 9.97 Å². The summed E-state index contributed by atoms with van der Waals surface area (Å²) in [5, 5.41) is 9.40. The zero-order valence-electron chi connectivity index (χ0n) is 6.98. The van der Waals surface area contributed by atoms with Gasteiger partial charge in [0.15, 0.2) is 11.2 Å². The Kier molecular flexibility index (Phi) is 2.05. The molecule has 2 aromatic heterocycles. The SMILES string of the molecule is Nc1nc(O)c2nc(CCl)cnc2n1. The van der Waals surface area contributed by atoms with Gasteiger partial charge in [-0.3, -0.25) is 0 Å². The fourth-order valence-corrected chi connectivity index (χ4v) is 1.14. The van der Waals surface area contributed by atoms with E-state index in [4.69, 9.17) is 17.3 Å². The molecule has 72 valence electrons. The van der Waals surface area contributed by atoms with E-state index in [1.165, 1.54) is 6.20 Å². The summed E-state index contributed by atoms with van der Waals surface area (Å²) in [5.41, 5.74) is 6.32.